The summed E-state index contributed by atoms with van der Waals surface area (Å²) in [7, 11) is 3.47. The molecule has 1 aromatic rings. The molecule has 77 valence electrons. The van der Waals surface area contributed by atoms with Crippen LogP contribution in [-0.4, -0.2) is 19.0 Å². The maximum atomic E-state index is 12.5. The first-order chi connectivity index (χ1) is 6.41. The first-order valence-corrected chi connectivity index (χ1v) is 4.12. The van der Waals surface area contributed by atoms with E-state index in [1.165, 1.54) is 12.1 Å². The summed E-state index contributed by atoms with van der Waals surface area (Å²) in [6, 6.07) is 6.37. The molecular formula is C10H11F3N. The Kier molecular flexibility index (Phi) is 3.16. The van der Waals surface area contributed by atoms with Crippen LogP contribution in [0.25, 0.3) is 0 Å². The van der Waals surface area contributed by atoms with Crippen LogP contribution in [0.1, 0.15) is 11.1 Å². The van der Waals surface area contributed by atoms with Gasteiger partial charge in [-0.05, 0) is 31.8 Å². The van der Waals surface area contributed by atoms with Gasteiger partial charge in [-0.1, -0.05) is 12.1 Å². The lowest BCUT2D eigenvalue weighted by Crippen LogP contribution is -2.16. The third-order valence-corrected chi connectivity index (χ3v) is 1.75. The molecule has 0 aliphatic heterocycles. The van der Waals surface area contributed by atoms with Crippen molar-refractivity contribution in [2.45, 2.75) is 12.7 Å². The predicted molar refractivity (Wildman–Crippen MR) is 47.7 cm³/mol. The van der Waals surface area contributed by atoms with Gasteiger partial charge in [-0.3, -0.25) is 0 Å². The lowest BCUT2D eigenvalue weighted by Gasteiger charge is -2.15. The van der Waals surface area contributed by atoms with Crippen molar-refractivity contribution in [3.63, 3.8) is 0 Å². The molecule has 0 heterocycles. The van der Waals surface area contributed by atoms with Crippen LogP contribution in [-0.2, 0) is 12.7 Å². The Balaban J connectivity index is 3.04. The number of halogens is 3. The van der Waals surface area contributed by atoms with Gasteiger partial charge in [0, 0.05) is 6.54 Å². The minimum atomic E-state index is -4.29. The molecule has 4 heteroatoms. The van der Waals surface area contributed by atoms with Gasteiger partial charge in [0.25, 0.3) is 0 Å². The first-order valence-electron chi connectivity index (χ1n) is 4.12. The van der Waals surface area contributed by atoms with Crippen LogP contribution < -0.4 is 0 Å². The highest BCUT2D eigenvalue weighted by Crippen LogP contribution is 2.31. The molecule has 0 saturated carbocycles. The molecule has 0 N–H and O–H groups in total. The van der Waals surface area contributed by atoms with Gasteiger partial charge in [0.15, 0.2) is 0 Å². The molecule has 0 aromatic heterocycles. The molecule has 1 nitrogen and oxygen atoms in total. The smallest absolute Gasteiger partial charge is 0.305 e. The molecule has 1 radical (unpaired) electrons. The summed E-state index contributed by atoms with van der Waals surface area (Å²) in [6.45, 7) is 0.281. The van der Waals surface area contributed by atoms with Gasteiger partial charge in [0.2, 0.25) is 0 Å². The Bertz CT molecular complexity index is 304. The molecule has 0 unspecified atom stereocenters. The highest BCUT2D eigenvalue weighted by Gasteiger charge is 2.32. The minimum absolute atomic E-state index is 0.279. The number of alkyl halides is 3. The molecule has 0 fully saturated rings. The molecule has 0 atom stereocenters. The van der Waals surface area contributed by atoms with Crippen LogP contribution in [0, 0.1) is 6.07 Å². The third kappa shape index (κ3) is 2.73. The second-order valence-corrected chi connectivity index (χ2v) is 3.32. The van der Waals surface area contributed by atoms with E-state index in [-0.39, 0.29) is 12.1 Å². The van der Waals surface area contributed by atoms with Crippen molar-refractivity contribution in [2.24, 2.45) is 0 Å². The van der Waals surface area contributed by atoms with Gasteiger partial charge in [0.1, 0.15) is 0 Å². The molecule has 0 saturated heterocycles. The molecule has 1 rings (SSSR count). The van der Waals surface area contributed by atoms with Crippen molar-refractivity contribution in [3.8, 4) is 0 Å². The number of nitrogens with zero attached hydrogens (tertiary/aromatic N) is 1. The zero-order chi connectivity index (χ0) is 10.8. The number of hydrogen-bond acceptors (Lipinski definition) is 1. The van der Waals surface area contributed by atoms with Gasteiger partial charge in [-0.15, -0.1) is 0 Å². The van der Waals surface area contributed by atoms with Gasteiger partial charge < -0.3 is 4.90 Å². The highest BCUT2D eigenvalue weighted by molar-refractivity contribution is 5.28. The zero-order valence-electron chi connectivity index (χ0n) is 8.02. The Morgan fingerprint density at radius 2 is 2.00 bits per heavy atom. The Hall–Kier alpha value is -1.03. The van der Waals surface area contributed by atoms with Crippen LogP contribution in [0.4, 0.5) is 13.2 Å². The number of hydrogen-bond donors (Lipinski definition) is 0. The van der Waals surface area contributed by atoms with E-state index in [9.17, 15) is 13.2 Å². The van der Waals surface area contributed by atoms with E-state index < -0.39 is 11.7 Å². The van der Waals surface area contributed by atoms with Crippen molar-refractivity contribution < 1.29 is 13.2 Å². The highest BCUT2D eigenvalue weighted by atomic mass is 19.4. The van der Waals surface area contributed by atoms with E-state index in [1.54, 1.807) is 19.0 Å². The molecule has 0 bridgehead atoms. The van der Waals surface area contributed by atoms with Crippen molar-refractivity contribution in [3.05, 3.63) is 35.4 Å². The first kappa shape index (κ1) is 11.0. The molecule has 14 heavy (non-hydrogen) atoms. The summed E-state index contributed by atoms with van der Waals surface area (Å²) in [5.74, 6) is 0. The Morgan fingerprint density at radius 1 is 1.36 bits per heavy atom. The topological polar surface area (TPSA) is 3.24 Å². The standard InChI is InChI=1S/C10H11F3N/c1-14(2)7-8-5-3-4-6-9(8)10(11,12)13/h3,5-6H,7H2,1-2H3. The normalized spacial score (nSPS) is 12.1. The van der Waals surface area contributed by atoms with Crippen molar-refractivity contribution in [1.29, 1.82) is 0 Å². The predicted octanol–water partition coefficient (Wildman–Crippen LogP) is 2.57. The van der Waals surface area contributed by atoms with Crippen molar-refractivity contribution in [1.82, 2.24) is 4.90 Å². The van der Waals surface area contributed by atoms with Crippen LogP contribution in [0.2, 0.25) is 0 Å². The van der Waals surface area contributed by atoms with Crippen LogP contribution in [0.5, 0.6) is 0 Å². The largest absolute Gasteiger partial charge is 0.416 e. The van der Waals surface area contributed by atoms with Gasteiger partial charge in [-0.25, -0.2) is 0 Å². The number of benzene rings is 1. The van der Waals surface area contributed by atoms with E-state index in [2.05, 4.69) is 6.07 Å². The van der Waals surface area contributed by atoms with Crippen LogP contribution in [0.15, 0.2) is 18.2 Å². The fourth-order valence-electron chi connectivity index (χ4n) is 1.21. The summed E-state index contributed by atoms with van der Waals surface area (Å²) < 4.78 is 37.4. The van der Waals surface area contributed by atoms with E-state index in [0.29, 0.717) is 0 Å². The van der Waals surface area contributed by atoms with Gasteiger partial charge in [0.05, 0.1) is 5.56 Å². The molecule has 0 amide bonds. The summed E-state index contributed by atoms with van der Waals surface area (Å²) >= 11 is 0. The molecule has 0 spiro atoms. The third-order valence-electron chi connectivity index (χ3n) is 1.75. The minimum Gasteiger partial charge on any atom is -0.305 e. The van der Waals surface area contributed by atoms with Gasteiger partial charge >= 0.3 is 6.18 Å². The maximum absolute atomic E-state index is 12.5. The van der Waals surface area contributed by atoms with Crippen LogP contribution >= 0.6 is 0 Å². The van der Waals surface area contributed by atoms with Crippen LogP contribution in [0.3, 0.4) is 0 Å². The van der Waals surface area contributed by atoms with Crippen molar-refractivity contribution >= 4 is 0 Å². The molecular weight excluding hydrogens is 191 g/mol. The summed E-state index contributed by atoms with van der Waals surface area (Å²) in [5, 5.41) is 0. The second-order valence-electron chi connectivity index (χ2n) is 3.32. The average molecular weight is 202 g/mol. The lowest BCUT2D eigenvalue weighted by molar-refractivity contribution is -0.138. The van der Waals surface area contributed by atoms with E-state index in [0.717, 1.165) is 6.07 Å². The fourth-order valence-corrected chi connectivity index (χ4v) is 1.21. The SMILES string of the molecule is CN(C)Cc1cc[c]cc1C(F)(F)F. The molecule has 0 aliphatic rings. The Morgan fingerprint density at radius 3 is 2.50 bits per heavy atom. The van der Waals surface area contributed by atoms with E-state index in [4.69, 9.17) is 0 Å². The number of rotatable bonds is 2. The molecule has 1 aromatic carbocycles. The fraction of sp³-hybridized carbons (Fsp3) is 0.400. The second kappa shape index (κ2) is 4.00. The molecule has 0 aliphatic carbocycles. The summed E-state index contributed by atoms with van der Waals surface area (Å²) in [4.78, 5) is 1.70. The zero-order valence-corrected chi connectivity index (χ0v) is 8.02. The quantitative estimate of drug-likeness (QED) is 0.712. The summed E-state index contributed by atoms with van der Waals surface area (Å²) in [6.07, 6.45) is -4.29. The maximum Gasteiger partial charge on any atom is 0.416 e. The van der Waals surface area contributed by atoms with E-state index >= 15 is 0 Å². The summed E-state index contributed by atoms with van der Waals surface area (Å²) in [5.41, 5.74) is -0.324. The van der Waals surface area contributed by atoms with Gasteiger partial charge in [-0.2, -0.15) is 13.2 Å². The average Bonchev–Trinajstić information content (AvgIpc) is 2.01. The van der Waals surface area contributed by atoms with E-state index in [1.807, 2.05) is 0 Å². The van der Waals surface area contributed by atoms with Crippen molar-refractivity contribution in [2.75, 3.05) is 14.1 Å². The Labute approximate surface area is 81.1 Å². The lowest BCUT2D eigenvalue weighted by atomic mass is 10.1. The monoisotopic (exact) mass is 202 g/mol.